The van der Waals surface area contributed by atoms with Crippen LogP contribution in [0.2, 0.25) is 5.02 Å². The van der Waals surface area contributed by atoms with Crippen molar-refractivity contribution in [3.63, 3.8) is 0 Å². The molecule has 3 aromatic rings. The molecule has 0 fully saturated rings. The molecule has 0 radical (unpaired) electrons. The first-order chi connectivity index (χ1) is 9.54. The lowest BCUT2D eigenvalue weighted by Gasteiger charge is -2.02. The number of halogens is 3. The van der Waals surface area contributed by atoms with Crippen LogP contribution in [0.25, 0.3) is 10.9 Å². The summed E-state index contributed by atoms with van der Waals surface area (Å²) < 4.78 is 1.71. The van der Waals surface area contributed by atoms with E-state index in [1.807, 2.05) is 12.1 Å². The lowest BCUT2D eigenvalue weighted by Crippen LogP contribution is -2.00. The average molecular weight is 413 g/mol. The van der Waals surface area contributed by atoms with E-state index >= 15 is 0 Å². The summed E-state index contributed by atoms with van der Waals surface area (Å²) >= 11 is 12.8. The van der Waals surface area contributed by atoms with E-state index in [4.69, 9.17) is 11.6 Å². The lowest BCUT2D eigenvalue weighted by molar-refractivity contribution is 0.104. The number of ketones is 1. The summed E-state index contributed by atoms with van der Waals surface area (Å²) in [5.41, 5.74) is 2.13. The summed E-state index contributed by atoms with van der Waals surface area (Å²) in [5.74, 6) is -0.0412. The van der Waals surface area contributed by atoms with Crippen LogP contribution >= 0.6 is 43.5 Å². The zero-order valence-corrected chi connectivity index (χ0v) is 14.0. The highest BCUT2D eigenvalue weighted by Crippen LogP contribution is 2.27. The summed E-state index contributed by atoms with van der Waals surface area (Å²) in [5, 5.41) is 1.44. The fraction of sp³-hybridized carbons (Fsp3) is 0. The third-order valence-corrected chi connectivity index (χ3v) is 4.16. The third-order valence-electron chi connectivity index (χ3n) is 3.01. The van der Waals surface area contributed by atoms with Gasteiger partial charge in [0.05, 0.1) is 0 Å². The summed E-state index contributed by atoms with van der Waals surface area (Å²) in [6.07, 6.45) is 1.72. The molecule has 0 aliphatic carbocycles. The first kappa shape index (κ1) is 13.9. The van der Waals surface area contributed by atoms with Gasteiger partial charge in [0.15, 0.2) is 5.78 Å². The second kappa shape index (κ2) is 5.35. The summed E-state index contributed by atoms with van der Waals surface area (Å²) in [6, 6.07) is 11.0. The molecule has 0 atom stereocenters. The monoisotopic (exact) mass is 411 g/mol. The van der Waals surface area contributed by atoms with E-state index < -0.39 is 0 Å². The Morgan fingerprint density at radius 3 is 2.45 bits per heavy atom. The summed E-state index contributed by atoms with van der Waals surface area (Å²) in [6.45, 7) is 0. The zero-order valence-electron chi connectivity index (χ0n) is 10.1. The van der Waals surface area contributed by atoms with Gasteiger partial charge in [-0.1, -0.05) is 43.5 Å². The van der Waals surface area contributed by atoms with E-state index in [1.165, 1.54) is 0 Å². The van der Waals surface area contributed by atoms with E-state index in [9.17, 15) is 4.79 Å². The van der Waals surface area contributed by atoms with Crippen LogP contribution in [0.15, 0.2) is 51.5 Å². The number of aromatic nitrogens is 1. The highest BCUT2D eigenvalue weighted by atomic mass is 79.9. The average Bonchev–Trinajstić information content (AvgIpc) is 2.79. The Labute approximate surface area is 137 Å². The molecular formula is C15H8Br2ClNO. The first-order valence-corrected chi connectivity index (χ1v) is 7.78. The van der Waals surface area contributed by atoms with Gasteiger partial charge in [0.25, 0.3) is 0 Å². The predicted molar refractivity (Wildman–Crippen MR) is 88.6 cm³/mol. The molecule has 20 heavy (non-hydrogen) atoms. The number of carbonyl (C=O) groups excluding carboxylic acids is 1. The molecule has 0 spiro atoms. The Morgan fingerprint density at radius 1 is 1.05 bits per heavy atom. The normalized spacial score (nSPS) is 10.9. The van der Waals surface area contributed by atoms with Gasteiger partial charge in [-0.3, -0.25) is 4.79 Å². The number of hydrogen-bond acceptors (Lipinski definition) is 1. The number of benzene rings is 2. The Hall–Kier alpha value is -1.10. The third kappa shape index (κ3) is 2.55. The zero-order chi connectivity index (χ0) is 14.3. The van der Waals surface area contributed by atoms with Gasteiger partial charge in [-0.05, 0) is 36.4 Å². The minimum atomic E-state index is -0.0412. The fourth-order valence-corrected chi connectivity index (χ4v) is 3.59. The molecule has 0 bridgehead atoms. The van der Waals surface area contributed by atoms with Crippen LogP contribution in [0.3, 0.4) is 0 Å². The van der Waals surface area contributed by atoms with Crippen molar-refractivity contribution in [1.29, 1.82) is 0 Å². The molecule has 2 nitrogen and oxygen atoms in total. The first-order valence-electron chi connectivity index (χ1n) is 5.82. The molecule has 5 heteroatoms. The maximum atomic E-state index is 12.6. The van der Waals surface area contributed by atoms with Gasteiger partial charge in [-0.25, -0.2) is 0 Å². The van der Waals surface area contributed by atoms with Crippen molar-refractivity contribution < 1.29 is 4.79 Å². The maximum Gasteiger partial charge on any atom is 0.195 e. The van der Waals surface area contributed by atoms with Crippen LogP contribution in [0, 0.1) is 0 Å². The standard InChI is InChI=1S/C15H8Br2ClNO/c16-9-3-8(4-10(17)5-9)15(20)13-7-19-14-2-1-11(18)6-12(13)14/h1-7,19H. The van der Waals surface area contributed by atoms with Crippen molar-refractivity contribution in [2.24, 2.45) is 0 Å². The Bertz CT molecular complexity index is 806. The molecular weight excluding hydrogens is 405 g/mol. The molecule has 3 rings (SSSR count). The maximum absolute atomic E-state index is 12.6. The van der Waals surface area contributed by atoms with Crippen molar-refractivity contribution >= 4 is 60.1 Å². The van der Waals surface area contributed by atoms with Gasteiger partial charge in [0.1, 0.15) is 0 Å². The van der Waals surface area contributed by atoms with Gasteiger partial charge in [-0.15, -0.1) is 0 Å². The molecule has 0 unspecified atom stereocenters. The van der Waals surface area contributed by atoms with Crippen molar-refractivity contribution in [1.82, 2.24) is 4.98 Å². The summed E-state index contributed by atoms with van der Waals surface area (Å²) in [7, 11) is 0. The minimum Gasteiger partial charge on any atom is -0.360 e. The topological polar surface area (TPSA) is 32.9 Å². The largest absolute Gasteiger partial charge is 0.360 e. The second-order valence-corrected chi connectivity index (χ2v) is 6.65. The molecule has 0 saturated heterocycles. The van der Waals surface area contributed by atoms with Gasteiger partial charge < -0.3 is 4.98 Å². The number of nitrogens with one attached hydrogen (secondary N) is 1. The molecule has 2 aromatic carbocycles. The van der Waals surface area contributed by atoms with Crippen LogP contribution in [0.4, 0.5) is 0 Å². The predicted octanol–water partition coefficient (Wildman–Crippen LogP) is 5.58. The van der Waals surface area contributed by atoms with E-state index in [-0.39, 0.29) is 5.78 Å². The number of H-pyrrole nitrogens is 1. The number of rotatable bonds is 2. The molecule has 1 aromatic heterocycles. The van der Waals surface area contributed by atoms with Crippen LogP contribution in [-0.2, 0) is 0 Å². The molecule has 0 aliphatic rings. The highest BCUT2D eigenvalue weighted by Gasteiger charge is 2.15. The van der Waals surface area contributed by atoms with E-state index in [2.05, 4.69) is 36.8 Å². The molecule has 100 valence electrons. The molecule has 0 amide bonds. The molecule has 1 heterocycles. The van der Waals surface area contributed by atoms with Gasteiger partial charge >= 0.3 is 0 Å². The van der Waals surface area contributed by atoms with Crippen molar-refractivity contribution in [2.45, 2.75) is 0 Å². The number of fused-ring (bicyclic) bond motifs is 1. The fourth-order valence-electron chi connectivity index (χ4n) is 2.12. The van der Waals surface area contributed by atoms with E-state index in [1.54, 1.807) is 30.5 Å². The highest BCUT2D eigenvalue weighted by molar-refractivity contribution is 9.11. The van der Waals surface area contributed by atoms with Gasteiger partial charge in [0.2, 0.25) is 0 Å². The quantitative estimate of drug-likeness (QED) is 0.547. The van der Waals surface area contributed by atoms with Gasteiger partial charge in [0, 0.05) is 42.2 Å². The Kier molecular flexibility index (Phi) is 3.71. The lowest BCUT2D eigenvalue weighted by atomic mass is 10.0. The summed E-state index contributed by atoms with van der Waals surface area (Å²) in [4.78, 5) is 15.7. The minimum absolute atomic E-state index is 0.0412. The Morgan fingerprint density at radius 2 is 1.75 bits per heavy atom. The number of carbonyl (C=O) groups is 1. The molecule has 0 aliphatic heterocycles. The van der Waals surface area contributed by atoms with Crippen molar-refractivity contribution in [3.05, 3.63) is 67.7 Å². The van der Waals surface area contributed by atoms with Crippen molar-refractivity contribution in [2.75, 3.05) is 0 Å². The van der Waals surface area contributed by atoms with Crippen LogP contribution in [0.5, 0.6) is 0 Å². The van der Waals surface area contributed by atoms with E-state index in [0.717, 1.165) is 19.8 Å². The SMILES string of the molecule is O=C(c1cc(Br)cc(Br)c1)c1c[nH]c2ccc(Cl)cc12. The molecule has 1 N–H and O–H groups in total. The van der Waals surface area contributed by atoms with Crippen molar-refractivity contribution in [3.8, 4) is 0 Å². The smallest absolute Gasteiger partial charge is 0.195 e. The van der Waals surface area contributed by atoms with Crippen LogP contribution in [-0.4, -0.2) is 10.8 Å². The van der Waals surface area contributed by atoms with Gasteiger partial charge in [-0.2, -0.15) is 0 Å². The number of hydrogen-bond donors (Lipinski definition) is 1. The Balaban J connectivity index is 2.15. The molecule has 0 saturated carbocycles. The van der Waals surface area contributed by atoms with Crippen LogP contribution in [0.1, 0.15) is 15.9 Å². The second-order valence-electron chi connectivity index (χ2n) is 4.38. The number of aromatic amines is 1. The van der Waals surface area contributed by atoms with E-state index in [0.29, 0.717) is 16.1 Å². The van der Waals surface area contributed by atoms with Crippen LogP contribution < -0.4 is 0 Å².